The number of carbonyl (C=O) groups excluding carboxylic acids is 3. The third kappa shape index (κ3) is 3.85. The Bertz CT molecular complexity index is 754. The summed E-state index contributed by atoms with van der Waals surface area (Å²) in [4.78, 5) is 37.7. The molecule has 1 aliphatic rings. The number of hydrogen-bond donors (Lipinski definition) is 0. The van der Waals surface area contributed by atoms with Crippen LogP contribution in [0.2, 0.25) is 0 Å². The molecule has 0 saturated carbocycles. The zero-order valence-corrected chi connectivity index (χ0v) is 15.2. The lowest BCUT2D eigenvalue weighted by Gasteiger charge is -2.31. The molecule has 140 valence electrons. The zero-order valence-electron chi connectivity index (χ0n) is 15.2. The van der Waals surface area contributed by atoms with Crippen LogP contribution in [0.4, 0.5) is 5.69 Å². The van der Waals surface area contributed by atoms with Gasteiger partial charge in [0.25, 0.3) is 0 Å². The zero-order chi connectivity index (χ0) is 19.3. The molecule has 0 N–H and O–H groups in total. The van der Waals surface area contributed by atoms with Gasteiger partial charge >= 0.3 is 17.9 Å². The molecule has 1 aromatic carbocycles. The van der Waals surface area contributed by atoms with E-state index in [4.69, 9.17) is 18.9 Å². The first kappa shape index (κ1) is 19.5. The molecule has 26 heavy (non-hydrogen) atoms. The number of ether oxygens (including phenoxy) is 4. The fraction of sp³-hybridized carbons (Fsp3) is 0.389. The highest BCUT2D eigenvalue weighted by molar-refractivity contribution is 6.03. The summed E-state index contributed by atoms with van der Waals surface area (Å²) >= 11 is 0. The molecule has 8 nitrogen and oxygen atoms in total. The molecular weight excluding hydrogens is 342 g/mol. The third-order valence-corrected chi connectivity index (χ3v) is 3.85. The Hall–Kier alpha value is -2.87. The second kappa shape index (κ2) is 8.48. The van der Waals surface area contributed by atoms with Crippen molar-refractivity contribution in [3.8, 4) is 0 Å². The van der Waals surface area contributed by atoms with E-state index in [0.717, 1.165) is 0 Å². The number of hydrogen-bond acceptors (Lipinski definition) is 8. The average Bonchev–Trinajstić information content (AvgIpc) is 2.66. The fourth-order valence-corrected chi connectivity index (χ4v) is 2.60. The van der Waals surface area contributed by atoms with Crippen molar-refractivity contribution < 1.29 is 33.3 Å². The van der Waals surface area contributed by atoms with E-state index in [1.807, 2.05) is 0 Å². The number of carbonyl (C=O) groups is 3. The van der Waals surface area contributed by atoms with Gasteiger partial charge in [0.15, 0.2) is 0 Å². The molecule has 0 bridgehead atoms. The van der Waals surface area contributed by atoms with E-state index in [0.29, 0.717) is 16.8 Å². The van der Waals surface area contributed by atoms with Crippen molar-refractivity contribution in [1.82, 2.24) is 0 Å². The van der Waals surface area contributed by atoms with Crippen molar-refractivity contribution in [3.63, 3.8) is 0 Å². The molecule has 0 spiro atoms. The van der Waals surface area contributed by atoms with E-state index >= 15 is 0 Å². The lowest BCUT2D eigenvalue weighted by molar-refractivity contribution is -0.140. The average molecular weight is 363 g/mol. The number of rotatable bonds is 5. The quantitative estimate of drug-likeness (QED) is 0.575. The van der Waals surface area contributed by atoms with Crippen LogP contribution in [0.25, 0.3) is 0 Å². The van der Waals surface area contributed by atoms with Gasteiger partial charge in [-0.05, 0) is 37.6 Å². The summed E-state index contributed by atoms with van der Waals surface area (Å²) in [5.74, 6) is -1.78. The molecule has 0 saturated heterocycles. The number of anilines is 1. The van der Waals surface area contributed by atoms with Crippen molar-refractivity contribution in [2.75, 3.05) is 39.1 Å². The van der Waals surface area contributed by atoms with Gasteiger partial charge in [0.2, 0.25) is 0 Å². The van der Waals surface area contributed by atoms with Crippen molar-refractivity contribution in [2.45, 2.75) is 13.8 Å². The summed E-state index contributed by atoms with van der Waals surface area (Å²) in [6.45, 7) is 3.74. The van der Waals surface area contributed by atoms with Gasteiger partial charge in [-0.25, -0.2) is 14.4 Å². The van der Waals surface area contributed by atoms with Crippen LogP contribution in [-0.2, 0) is 28.5 Å². The Morgan fingerprint density at radius 2 is 1.81 bits per heavy atom. The Morgan fingerprint density at radius 3 is 2.38 bits per heavy atom. The van der Waals surface area contributed by atoms with E-state index in [9.17, 15) is 14.4 Å². The Morgan fingerprint density at radius 1 is 1.12 bits per heavy atom. The summed E-state index contributed by atoms with van der Waals surface area (Å²) in [5, 5.41) is 0. The SMILES string of the molecule is CCOC(=O)c1ccc(N2COCC(C(=O)OC)=C2C(=O)OC)cc1C. The van der Waals surface area contributed by atoms with Gasteiger partial charge < -0.3 is 23.8 Å². The van der Waals surface area contributed by atoms with E-state index < -0.39 is 17.9 Å². The van der Waals surface area contributed by atoms with Gasteiger partial charge in [-0.3, -0.25) is 0 Å². The smallest absolute Gasteiger partial charge is 0.355 e. The molecule has 0 unspecified atom stereocenters. The highest BCUT2D eigenvalue weighted by Gasteiger charge is 2.32. The van der Waals surface area contributed by atoms with Gasteiger partial charge in [0.05, 0.1) is 38.6 Å². The summed E-state index contributed by atoms with van der Waals surface area (Å²) in [5.41, 5.74) is 1.77. The molecule has 1 aliphatic heterocycles. The first-order valence-electron chi connectivity index (χ1n) is 7.97. The number of benzene rings is 1. The minimum absolute atomic E-state index is 0.0448. The molecule has 0 radical (unpaired) electrons. The number of nitrogens with zero attached hydrogens (tertiary/aromatic N) is 1. The van der Waals surface area contributed by atoms with Gasteiger partial charge in [-0.2, -0.15) is 0 Å². The van der Waals surface area contributed by atoms with Crippen LogP contribution in [0.5, 0.6) is 0 Å². The maximum absolute atomic E-state index is 12.3. The van der Waals surface area contributed by atoms with Gasteiger partial charge in [-0.15, -0.1) is 0 Å². The molecule has 0 amide bonds. The van der Waals surface area contributed by atoms with Crippen LogP contribution < -0.4 is 4.90 Å². The molecule has 0 aliphatic carbocycles. The van der Waals surface area contributed by atoms with Gasteiger partial charge in [0.1, 0.15) is 12.4 Å². The summed E-state index contributed by atoms with van der Waals surface area (Å²) in [6.07, 6.45) is 0. The predicted octanol–water partition coefficient (Wildman–Crippen LogP) is 1.57. The molecule has 0 atom stereocenters. The molecule has 0 aromatic heterocycles. The van der Waals surface area contributed by atoms with Gasteiger partial charge in [0, 0.05) is 5.69 Å². The monoisotopic (exact) mass is 363 g/mol. The second-order valence-electron chi connectivity index (χ2n) is 5.44. The Balaban J connectivity index is 2.48. The summed E-state index contributed by atoms with van der Waals surface area (Å²) < 4.78 is 20.0. The molecule has 1 aromatic rings. The van der Waals surface area contributed by atoms with Crippen LogP contribution in [0.1, 0.15) is 22.8 Å². The minimum atomic E-state index is -0.680. The molecule has 2 rings (SSSR count). The maximum Gasteiger partial charge on any atom is 0.355 e. The summed E-state index contributed by atoms with van der Waals surface area (Å²) in [6, 6.07) is 4.95. The number of methoxy groups -OCH3 is 2. The standard InChI is InChI=1S/C18H21NO7/c1-5-26-17(21)13-7-6-12(8-11(13)2)19-10-25-9-14(16(20)23-3)15(19)18(22)24-4/h6-8H,5,9-10H2,1-4H3. The summed E-state index contributed by atoms with van der Waals surface area (Å²) in [7, 11) is 2.45. The number of aryl methyl sites for hydroxylation is 1. The minimum Gasteiger partial charge on any atom is -0.466 e. The lowest BCUT2D eigenvalue weighted by atomic mass is 10.1. The van der Waals surface area contributed by atoms with Crippen LogP contribution in [0.3, 0.4) is 0 Å². The largest absolute Gasteiger partial charge is 0.466 e. The van der Waals surface area contributed by atoms with Crippen molar-refractivity contribution in [2.24, 2.45) is 0 Å². The van der Waals surface area contributed by atoms with Crippen LogP contribution >= 0.6 is 0 Å². The maximum atomic E-state index is 12.3. The van der Waals surface area contributed by atoms with E-state index in [2.05, 4.69) is 0 Å². The highest BCUT2D eigenvalue weighted by atomic mass is 16.5. The highest BCUT2D eigenvalue weighted by Crippen LogP contribution is 2.28. The fourth-order valence-electron chi connectivity index (χ4n) is 2.60. The van der Waals surface area contributed by atoms with Crippen molar-refractivity contribution >= 4 is 23.6 Å². The predicted molar refractivity (Wildman–Crippen MR) is 91.5 cm³/mol. The van der Waals surface area contributed by atoms with Crippen molar-refractivity contribution in [1.29, 1.82) is 0 Å². The topological polar surface area (TPSA) is 91.4 Å². The second-order valence-corrected chi connectivity index (χ2v) is 5.44. The molecular formula is C18H21NO7. The van der Waals surface area contributed by atoms with Crippen LogP contribution in [0.15, 0.2) is 29.5 Å². The lowest BCUT2D eigenvalue weighted by Crippen LogP contribution is -2.38. The van der Waals surface area contributed by atoms with Crippen LogP contribution in [-0.4, -0.2) is 52.1 Å². The van der Waals surface area contributed by atoms with Crippen LogP contribution in [0, 0.1) is 6.92 Å². The third-order valence-electron chi connectivity index (χ3n) is 3.85. The normalized spacial score (nSPS) is 14.1. The van der Waals surface area contributed by atoms with E-state index in [-0.39, 0.29) is 31.2 Å². The first-order valence-corrected chi connectivity index (χ1v) is 7.97. The Labute approximate surface area is 151 Å². The Kier molecular flexibility index (Phi) is 6.35. The van der Waals surface area contributed by atoms with Crippen molar-refractivity contribution in [3.05, 3.63) is 40.6 Å². The first-order chi connectivity index (χ1) is 12.4. The molecule has 0 fully saturated rings. The molecule has 1 heterocycles. The van der Waals surface area contributed by atoms with Gasteiger partial charge in [-0.1, -0.05) is 0 Å². The molecule has 8 heteroatoms. The van der Waals surface area contributed by atoms with E-state index in [1.165, 1.54) is 19.1 Å². The van der Waals surface area contributed by atoms with E-state index in [1.54, 1.807) is 32.0 Å². The number of esters is 3.